The highest BCUT2D eigenvalue weighted by Gasteiger charge is 2.04. The molecule has 248 valence electrons. The van der Waals surface area contributed by atoms with Crippen LogP contribution in [-0.4, -0.2) is 39.9 Å². The Morgan fingerprint density at radius 2 is 0.750 bits per heavy atom. The lowest BCUT2D eigenvalue weighted by Gasteiger charge is -1.87. The summed E-state index contributed by atoms with van der Waals surface area (Å²) in [5.41, 5.74) is 10.0. The van der Waals surface area contributed by atoms with E-state index in [-0.39, 0.29) is 0 Å². The zero-order valence-corrected chi connectivity index (χ0v) is 28.0. The summed E-state index contributed by atoms with van der Waals surface area (Å²) in [5, 5.41) is 8.57. The number of hydrogen-bond donors (Lipinski definition) is 4. The van der Waals surface area contributed by atoms with Crippen molar-refractivity contribution in [3.63, 3.8) is 0 Å². The second-order valence-electron chi connectivity index (χ2n) is 12.3. The van der Waals surface area contributed by atoms with Gasteiger partial charge in [-0.15, -0.1) is 0 Å². The van der Waals surface area contributed by atoms with E-state index >= 15 is 0 Å². The molecule has 0 amide bonds. The van der Waals surface area contributed by atoms with Crippen molar-refractivity contribution in [1.82, 2.24) is 39.9 Å². The van der Waals surface area contributed by atoms with E-state index in [2.05, 4.69) is 101 Å². The van der Waals surface area contributed by atoms with Gasteiger partial charge in [-0.25, -0.2) is 4.98 Å². The van der Waals surface area contributed by atoms with Gasteiger partial charge in [-0.3, -0.25) is 15.0 Å². The molecule has 8 nitrogen and oxygen atoms in total. The number of H-pyrrole nitrogens is 4. The summed E-state index contributed by atoms with van der Waals surface area (Å²) in [6, 6.07) is 45.1. The average Bonchev–Trinajstić information content (AvgIpc) is 3.98. The van der Waals surface area contributed by atoms with Crippen LogP contribution < -0.4 is 0 Å². The number of nitrogens with one attached hydrogen (secondary N) is 4. The molecule has 8 heterocycles. The first-order valence-corrected chi connectivity index (χ1v) is 17.0. The van der Waals surface area contributed by atoms with Crippen molar-refractivity contribution in [2.45, 2.75) is 0 Å². The molecule has 0 radical (unpaired) electrons. The minimum absolute atomic E-state index is 0.962. The minimum Gasteiger partial charge on any atom is -0.354 e. The van der Waals surface area contributed by atoms with Gasteiger partial charge in [0.05, 0.1) is 22.7 Å². The van der Waals surface area contributed by atoms with Gasteiger partial charge in [0.1, 0.15) is 5.65 Å². The molecular formula is C44H32N8. The smallest absolute Gasteiger partial charge is 0.138 e. The molecule has 0 aliphatic carbocycles. The quantitative estimate of drug-likeness (QED) is 0.128. The Labute approximate surface area is 297 Å². The van der Waals surface area contributed by atoms with E-state index in [1.54, 1.807) is 12.4 Å². The van der Waals surface area contributed by atoms with Crippen molar-refractivity contribution < 1.29 is 0 Å². The lowest BCUT2D eigenvalue weighted by molar-refractivity contribution is 1.35. The first-order valence-electron chi connectivity index (χ1n) is 17.0. The van der Waals surface area contributed by atoms with E-state index in [0.717, 1.165) is 38.7 Å². The van der Waals surface area contributed by atoms with Crippen LogP contribution in [0.1, 0.15) is 0 Å². The van der Waals surface area contributed by atoms with Crippen LogP contribution in [0, 0.1) is 0 Å². The highest BCUT2D eigenvalue weighted by molar-refractivity contribution is 6.08. The largest absolute Gasteiger partial charge is 0.354 e. The predicted octanol–water partition coefficient (Wildman–Crippen LogP) is 10.9. The Bertz CT molecular complexity index is 2490. The van der Waals surface area contributed by atoms with Crippen molar-refractivity contribution >= 4 is 87.5 Å². The van der Waals surface area contributed by atoms with Crippen molar-refractivity contribution in [3.05, 3.63) is 171 Å². The first kappa shape index (κ1) is 30.7. The molecule has 0 atom stereocenters. The third kappa shape index (κ3) is 5.84. The highest BCUT2D eigenvalue weighted by Crippen LogP contribution is 2.26. The Balaban J connectivity index is 0.0000000923. The number of fused-ring (bicyclic) bond motifs is 12. The van der Waals surface area contributed by atoms with E-state index < -0.39 is 0 Å². The third-order valence-electron chi connectivity index (χ3n) is 9.15. The molecule has 0 fully saturated rings. The molecule has 4 aromatic carbocycles. The molecule has 0 saturated heterocycles. The second kappa shape index (κ2) is 13.5. The van der Waals surface area contributed by atoms with Gasteiger partial charge in [-0.1, -0.05) is 72.8 Å². The van der Waals surface area contributed by atoms with E-state index in [0.29, 0.717) is 0 Å². The molecule has 0 aliphatic rings. The molecule has 52 heavy (non-hydrogen) atoms. The first-order chi connectivity index (χ1) is 25.8. The van der Waals surface area contributed by atoms with Crippen LogP contribution in [0.2, 0.25) is 0 Å². The molecule has 0 unspecified atom stereocenters. The molecule has 12 rings (SSSR count). The van der Waals surface area contributed by atoms with Crippen molar-refractivity contribution in [2.24, 2.45) is 0 Å². The van der Waals surface area contributed by atoms with Crippen LogP contribution in [0.25, 0.3) is 87.5 Å². The monoisotopic (exact) mass is 672 g/mol. The topological polar surface area (TPSA) is 115 Å². The number of aromatic nitrogens is 8. The lowest BCUT2D eigenvalue weighted by atomic mass is 10.2. The zero-order valence-electron chi connectivity index (χ0n) is 28.0. The number of pyridine rings is 4. The van der Waals surface area contributed by atoms with Crippen molar-refractivity contribution in [3.8, 4) is 0 Å². The summed E-state index contributed by atoms with van der Waals surface area (Å²) in [5.74, 6) is 0. The summed E-state index contributed by atoms with van der Waals surface area (Å²) >= 11 is 0. The van der Waals surface area contributed by atoms with Gasteiger partial charge in [-0.05, 0) is 60.7 Å². The van der Waals surface area contributed by atoms with Gasteiger partial charge >= 0.3 is 0 Å². The zero-order chi connectivity index (χ0) is 34.7. The normalized spacial score (nSPS) is 11.1. The Hall–Kier alpha value is -7.32. The molecule has 12 aromatic rings. The Kier molecular flexibility index (Phi) is 7.99. The number of aromatic amines is 4. The van der Waals surface area contributed by atoms with Crippen LogP contribution in [0.5, 0.6) is 0 Å². The van der Waals surface area contributed by atoms with Gasteiger partial charge in [0.25, 0.3) is 0 Å². The van der Waals surface area contributed by atoms with E-state index in [1.807, 2.05) is 97.6 Å². The molecule has 8 heteroatoms. The second-order valence-corrected chi connectivity index (χ2v) is 12.3. The molecule has 0 saturated carbocycles. The Morgan fingerprint density at radius 3 is 1.52 bits per heavy atom. The number of benzene rings is 4. The summed E-state index contributed by atoms with van der Waals surface area (Å²) in [4.78, 5) is 30.0. The van der Waals surface area contributed by atoms with E-state index in [4.69, 9.17) is 0 Å². The Morgan fingerprint density at radius 1 is 0.288 bits per heavy atom. The maximum absolute atomic E-state index is 4.34. The SMILES string of the molecule is c1ccc2c(c1)[nH]c1cccnc12.c1ccc2c(c1)[nH]c1ccncc12.c1ccc2c(c1)[nH]c1cnccc12.c1ccc2c(c1)[nH]c1ncccc12. The van der Waals surface area contributed by atoms with Crippen LogP contribution in [0.3, 0.4) is 0 Å². The fourth-order valence-electron chi connectivity index (χ4n) is 6.73. The fourth-order valence-corrected chi connectivity index (χ4v) is 6.73. The highest BCUT2D eigenvalue weighted by atomic mass is 14.8. The molecule has 0 spiro atoms. The van der Waals surface area contributed by atoms with Crippen molar-refractivity contribution in [2.75, 3.05) is 0 Å². The van der Waals surface area contributed by atoms with Crippen LogP contribution >= 0.6 is 0 Å². The summed E-state index contributed by atoms with van der Waals surface area (Å²) in [6.07, 6.45) is 11.0. The summed E-state index contributed by atoms with van der Waals surface area (Å²) < 4.78 is 0. The molecular weight excluding hydrogens is 641 g/mol. The number of hydrogen-bond acceptors (Lipinski definition) is 4. The minimum atomic E-state index is 0.962. The van der Waals surface area contributed by atoms with Crippen LogP contribution in [0.15, 0.2) is 171 Å². The average molecular weight is 673 g/mol. The van der Waals surface area contributed by atoms with E-state index in [9.17, 15) is 0 Å². The van der Waals surface area contributed by atoms with Gasteiger partial charge < -0.3 is 19.9 Å². The number of para-hydroxylation sites is 4. The standard InChI is InChI=1S/4C11H8N2/c1-2-6-10-8(4-1)9-5-3-7-12-11(9)13-10;1-2-5-9-8(4-1)11-10(13-9)6-3-7-12-11;1-2-4-10-8(3-1)9-7-12-6-5-11(9)13-10;1-2-4-10-8(3-1)9-5-6-12-7-11(9)13-10/h1-7H,(H,12,13);3*1-7,13H. The van der Waals surface area contributed by atoms with Crippen molar-refractivity contribution in [1.29, 1.82) is 0 Å². The number of nitrogens with zero attached hydrogens (tertiary/aromatic N) is 4. The van der Waals surface area contributed by atoms with Gasteiger partial charge in [0, 0.05) is 96.3 Å². The third-order valence-corrected chi connectivity index (χ3v) is 9.15. The van der Waals surface area contributed by atoms with Gasteiger partial charge in [0.2, 0.25) is 0 Å². The molecule has 0 aliphatic heterocycles. The summed E-state index contributed by atoms with van der Waals surface area (Å²) in [7, 11) is 0. The maximum atomic E-state index is 4.34. The fraction of sp³-hybridized carbons (Fsp3) is 0. The molecule has 0 bridgehead atoms. The molecule has 8 aromatic heterocycles. The predicted molar refractivity (Wildman–Crippen MR) is 214 cm³/mol. The molecule has 4 N–H and O–H groups in total. The van der Waals surface area contributed by atoms with E-state index in [1.165, 1.54) is 48.7 Å². The maximum Gasteiger partial charge on any atom is 0.138 e. The number of rotatable bonds is 0. The van der Waals surface area contributed by atoms with Gasteiger partial charge in [-0.2, -0.15) is 0 Å². The van der Waals surface area contributed by atoms with Crippen LogP contribution in [-0.2, 0) is 0 Å². The van der Waals surface area contributed by atoms with Crippen LogP contribution in [0.4, 0.5) is 0 Å². The lowest BCUT2D eigenvalue weighted by Crippen LogP contribution is -1.71. The van der Waals surface area contributed by atoms with Gasteiger partial charge in [0.15, 0.2) is 0 Å². The summed E-state index contributed by atoms with van der Waals surface area (Å²) in [6.45, 7) is 0.